The van der Waals surface area contributed by atoms with Gasteiger partial charge in [-0.15, -0.1) is 10.2 Å². The van der Waals surface area contributed by atoms with E-state index in [4.69, 9.17) is 11.6 Å². The molecular weight excluding hydrogens is 369 g/mol. The molecule has 3 heterocycles. The Hall–Kier alpha value is -2.80. The van der Waals surface area contributed by atoms with Crippen molar-refractivity contribution in [2.45, 2.75) is 32.2 Å². The standard InChI is InChI=1S/C19H17ClFN5O/c20-16-8-5-12(11-22-16)19(27)23-13-6-7-15(21)14(10-13)18-25-24-17-4-2-1-3-9-26(17)18/h5-8,10-11H,1-4,9H2,(H,23,27). The van der Waals surface area contributed by atoms with Crippen LogP contribution < -0.4 is 5.32 Å². The topological polar surface area (TPSA) is 72.7 Å². The van der Waals surface area contributed by atoms with Gasteiger partial charge < -0.3 is 9.88 Å². The molecule has 27 heavy (non-hydrogen) atoms. The second-order valence-electron chi connectivity index (χ2n) is 6.42. The summed E-state index contributed by atoms with van der Waals surface area (Å²) in [6.45, 7) is 0.768. The smallest absolute Gasteiger partial charge is 0.257 e. The highest BCUT2D eigenvalue weighted by Gasteiger charge is 2.19. The lowest BCUT2D eigenvalue weighted by atomic mass is 10.1. The normalized spacial score (nSPS) is 13.7. The van der Waals surface area contributed by atoms with Crippen LogP contribution in [-0.2, 0) is 13.0 Å². The zero-order chi connectivity index (χ0) is 18.8. The second-order valence-corrected chi connectivity index (χ2v) is 6.81. The Labute approximate surface area is 160 Å². The van der Waals surface area contributed by atoms with Crippen LogP contribution in [0, 0.1) is 5.82 Å². The summed E-state index contributed by atoms with van der Waals surface area (Å²) in [5, 5.41) is 11.5. The Kier molecular flexibility index (Phi) is 4.85. The fourth-order valence-electron chi connectivity index (χ4n) is 3.17. The number of anilines is 1. The van der Waals surface area contributed by atoms with Crippen molar-refractivity contribution in [2.75, 3.05) is 5.32 Å². The molecule has 1 aliphatic rings. The molecule has 4 rings (SSSR count). The fraction of sp³-hybridized carbons (Fsp3) is 0.263. The Morgan fingerprint density at radius 1 is 1.15 bits per heavy atom. The largest absolute Gasteiger partial charge is 0.322 e. The van der Waals surface area contributed by atoms with Crippen LogP contribution in [0.25, 0.3) is 11.4 Å². The first kappa shape index (κ1) is 17.6. The van der Waals surface area contributed by atoms with Gasteiger partial charge in [0.05, 0.1) is 11.1 Å². The van der Waals surface area contributed by atoms with Gasteiger partial charge in [0.2, 0.25) is 0 Å². The zero-order valence-corrected chi connectivity index (χ0v) is 15.2. The number of carbonyl (C=O) groups is 1. The summed E-state index contributed by atoms with van der Waals surface area (Å²) >= 11 is 5.74. The first-order valence-corrected chi connectivity index (χ1v) is 9.14. The molecule has 0 aliphatic carbocycles. The Morgan fingerprint density at radius 2 is 2.04 bits per heavy atom. The van der Waals surface area contributed by atoms with Gasteiger partial charge in [-0.3, -0.25) is 4.79 Å². The maximum Gasteiger partial charge on any atom is 0.257 e. The molecule has 3 aromatic rings. The summed E-state index contributed by atoms with van der Waals surface area (Å²) in [5.74, 6) is 0.620. The minimum atomic E-state index is -0.402. The molecule has 2 aromatic heterocycles. The number of halogens is 2. The predicted octanol–water partition coefficient (Wildman–Crippen LogP) is 4.11. The number of rotatable bonds is 3. The van der Waals surface area contributed by atoms with E-state index in [0.29, 0.717) is 27.8 Å². The van der Waals surface area contributed by atoms with Crippen LogP contribution in [0.4, 0.5) is 10.1 Å². The van der Waals surface area contributed by atoms with Crippen molar-refractivity contribution in [3.63, 3.8) is 0 Å². The van der Waals surface area contributed by atoms with Gasteiger partial charge in [-0.25, -0.2) is 9.37 Å². The van der Waals surface area contributed by atoms with Crippen LogP contribution in [0.15, 0.2) is 36.5 Å². The van der Waals surface area contributed by atoms with Gasteiger partial charge in [-0.05, 0) is 43.2 Å². The third-order valence-electron chi connectivity index (χ3n) is 4.56. The van der Waals surface area contributed by atoms with Crippen molar-refractivity contribution in [3.8, 4) is 11.4 Å². The van der Waals surface area contributed by atoms with Crippen molar-refractivity contribution < 1.29 is 9.18 Å². The molecule has 0 radical (unpaired) electrons. The van der Waals surface area contributed by atoms with Crippen LogP contribution >= 0.6 is 11.6 Å². The number of nitrogens with one attached hydrogen (secondary N) is 1. The molecule has 0 saturated heterocycles. The van der Waals surface area contributed by atoms with Crippen LogP contribution in [-0.4, -0.2) is 25.7 Å². The van der Waals surface area contributed by atoms with Gasteiger partial charge in [0.25, 0.3) is 5.91 Å². The summed E-state index contributed by atoms with van der Waals surface area (Å²) in [6, 6.07) is 7.54. The molecule has 1 aliphatic heterocycles. The van der Waals surface area contributed by atoms with Gasteiger partial charge in [-0.2, -0.15) is 0 Å². The van der Waals surface area contributed by atoms with Gasteiger partial charge in [0.15, 0.2) is 5.82 Å². The highest BCUT2D eigenvalue weighted by atomic mass is 35.5. The van der Waals surface area contributed by atoms with Crippen LogP contribution in [0.5, 0.6) is 0 Å². The van der Waals surface area contributed by atoms with E-state index in [-0.39, 0.29) is 5.91 Å². The minimum Gasteiger partial charge on any atom is -0.322 e. The van der Waals surface area contributed by atoms with E-state index in [9.17, 15) is 9.18 Å². The SMILES string of the molecule is O=C(Nc1ccc(F)c(-c2nnc3n2CCCCC3)c1)c1ccc(Cl)nc1. The molecule has 0 saturated carbocycles. The molecule has 138 valence electrons. The molecule has 1 aromatic carbocycles. The van der Waals surface area contributed by atoms with Crippen LogP contribution in [0.2, 0.25) is 5.15 Å². The number of pyridine rings is 1. The average Bonchev–Trinajstić information content (AvgIpc) is 2.91. The van der Waals surface area contributed by atoms with Crippen LogP contribution in [0.1, 0.15) is 35.4 Å². The number of aromatic nitrogens is 4. The van der Waals surface area contributed by atoms with E-state index in [2.05, 4.69) is 20.5 Å². The van der Waals surface area contributed by atoms with Crippen LogP contribution in [0.3, 0.4) is 0 Å². The Morgan fingerprint density at radius 3 is 2.85 bits per heavy atom. The molecule has 0 spiro atoms. The zero-order valence-electron chi connectivity index (χ0n) is 14.5. The average molecular weight is 386 g/mol. The van der Waals surface area contributed by atoms with Crippen molar-refractivity contribution in [3.05, 3.63) is 58.9 Å². The van der Waals surface area contributed by atoms with Gasteiger partial charge in [0, 0.05) is 24.8 Å². The lowest BCUT2D eigenvalue weighted by Gasteiger charge is -2.10. The van der Waals surface area contributed by atoms with Gasteiger partial charge in [-0.1, -0.05) is 18.0 Å². The first-order chi connectivity index (χ1) is 13.1. The van der Waals surface area contributed by atoms with Crippen molar-refractivity contribution >= 4 is 23.2 Å². The van der Waals surface area contributed by atoms with E-state index in [1.807, 2.05) is 4.57 Å². The van der Waals surface area contributed by atoms with E-state index in [1.165, 1.54) is 24.4 Å². The van der Waals surface area contributed by atoms with Gasteiger partial charge >= 0.3 is 0 Å². The first-order valence-electron chi connectivity index (χ1n) is 8.77. The van der Waals surface area contributed by atoms with E-state index < -0.39 is 5.82 Å². The second kappa shape index (κ2) is 7.44. The molecule has 0 bridgehead atoms. The van der Waals surface area contributed by atoms with Crippen molar-refractivity contribution in [2.24, 2.45) is 0 Å². The molecule has 0 fully saturated rings. The molecule has 6 nitrogen and oxygen atoms in total. The van der Waals surface area contributed by atoms with Gasteiger partial charge in [0.1, 0.15) is 16.8 Å². The molecule has 8 heteroatoms. The third-order valence-corrected chi connectivity index (χ3v) is 4.79. The van der Waals surface area contributed by atoms with E-state index in [0.717, 1.165) is 38.1 Å². The number of nitrogens with zero attached hydrogens (tertiary/aromatic N) is 4. The van der Waals surface area contributed by atoms with E-state index in [1.54, 1.807) is 12.1 Å². The number of amides is 1. The summed E-state index contributed by atoms with van der Waals surface area (Å²) in [7, 11) is 0. The molecule has 0 unspecified atom stereocenters. The Bertz CT molecular complexity index is 986. The van der Waals surface area contributed by atoms with E-state index >= 15 is 0 Å². The lowest BCUT2D eigenvalue weighted by molar-refractivity contribution is 0.102. The quantitative estimate of drug-likeness (QED) is 0.688. The summed E-state index contributed by atoms with van der Waals surface area (Å²) in [4.78, 5) is 16.3. The van der Waals surface area contributed by atoms with Crippen molar-refractivity contribution in [1.82, 2.24) is 19.7 Å². The number of fused-ring (bicyclic) bond motifs is 1. The predicted molar refractivity (Wildman–Crippen MR) is 100 cm³/mol. The maximum absolute atomic E-state index is 14.5. The third kappa shape index (κ3) is 3.68. The molecule has 0 atom stereocenters. The highest BCUT2D eigenvalue weighted by molar-refractivity contribution is 6.29. The highest BCUT2D eigenvalue weighted by Crippen LogP contribution is 2.27. The molecule has 1 amide bonds. The molecular formula is C19H17ClFN5O. The number of hydrogen-bond donors (Lipinski definition) is 1. The maximum atomic E-state index is 14.5. The summed E-state index contributed by atoms with van der Waals surface area (Å²) in [5.41, 5.74) is 1.15. The summed E-state index contributed by atoms with van der Waals surface area (Å²) in [6.07, 6.45) is 5.43. The minimum absolute atomic E-state index is 0.308. The number of aryl methyl sites for hydroxylation is 1. The monoisotopic (exact) mass is 385 g/mol. The molecule has 1 N–H and O–H groups in total. The number of benzene rings is 1. The van der Waals surface area contributed by atoms with Crippen molar-refractivity contribution in [1.29, 1.82) is 0 Å². The summed E-state index contributed by atoms with van der Waals surface area (Å²) < 4.78 is 16.5. The fourth-order valence-corrected chi connectivity index (χ4v) is 3.28. The number of carbonyl (C=O) groups excluding carboxylic acids is 1. The Balaban J connectivity index is 1.63. The number of hydrogen-bond acceptors (Lipinski definition) is 4. The lowest BCUT2D eigenvalue weighted by Crippen LogP contribution is -2.12.